The van der Waals surface area contributed by atoms with Gasteiger partial charge in [-0.3, -0.25) is 9.59 Å². The first kappa shape index (κ1) is 20.8. The second-order valence-corrected chi connectivity index (χ2v) is 7.31. The lowest BCUT2D eigenvalue weighted by Crippen LogP contribution is -2.22. The Morgan fingerprint density at radius 1 is 1.15 bits per heavy atom. The van der Waals surface area contributed by atoms with Crippen LogP contribution < -0.4 is 10.1 Å². The summed E-state index contributed by atoms with van der Waals surface area (Å²) in [4.78, 5) is 25.6. The van der Waals surface area contributed by atoms with E-state index in [0.717, 1.165) is 5.56 Å². The molecule has 0 spiro atoms. The molecule has 0 saturated heterocycles. The number of carbonyl (C=O) groups is 2. The van der Waals surface area contributed by atoms with Gasteiger partial charge in [0.2, 0.25) is 0 Å². The predicted octanol–water partition coefficient (Wildman–Crippen LogP) is 4.49. The molecule has 0 unspecified atom stereocenters. The maximum atomic E-state index is 12.1. The largest absolute Gasteiger partial charge is 0.484 e. The topological polar surface area (TPSA) is 58.6 Å². The molecule has 2 amide bonds. The fourth-order valence-corrected chi connectivity index (χ4v) is 3.00. The maximum Gasteiger partial charge on any atom is 0.262 e. The van der Waals surface area contributed by atoms with Crippen LogP contribution in [0.2, 0.25) is 5.02 Å². The fourth-order valence-electron chi connectivity index (χ4n) is 2.74. The van der Waals surface area contributed by atoms with Gasteiger partial charge in [0.25, 0.3) is 11.8 Å². The van der Waals surface area contributed by atoms with E-state index in [9.17, 15) is 9.59 Å². The van der Waals surface area contributed by atoms with E-state index in [0.29, 0.717) is 22.9 Å². The number of anilines is 1. The van der Waals surface area contributed by atoms with Crippen molar-refractivity contribution in [1.82, 2.24) is 4.90 Å². The second-order valence-electron chi connectivity index (χ2n) is 6.90. The lowest BCUT2D eigenvalue weighted by Gasteiger charge is -2.14. The summed E-state index contributed by atoms with van der Waals surface area (Å²) in [6, 6.07) is 10.6. The lowest BCUT2D eigenvalue weighted by molar-refractivity contribution is -0.118. The van der Waals surface area contributed by atoms with Gasteiger partial charge in [-0.1, -0.05) is 31.5 Å². The van der Waals surface area contributed by atoms with Gasteiger partial charge in [0.15, 0.2) is 6.61 Å². The van der Waals surface area contributed by atoms with Gasteiger partial charge in [0.1, 0.15) is 5.75 Å². The van der Waals surface area contributed by atoms with E-state index in [1.54, 1.807) is 32.3 Å². The molecule has 0 saturated carbocycles. The number of rotatable bonds is 6. The summed E-state index contributed by atoms with van der Waals surface area (Å²) in [5.74, 6) is 0.594. The molecule has 27 heavy (non-hydrogen) atoms. The summed E-state index contributed by atoms with van der Waals surface area (Å²) in [5, 5.41) is 3.00. The average molecular weight is 389 g/mol. The van der Waals surface area contributed by atoms with Crippen molar-refractivity contribution in [2.45, 2.75) is 26.7 Å². The van der Waals surface area contributed by atoms with E-state index >= 15 is 0 Å². The summed E-state index contributed by atoms with van der Waals surface area (Å²) in [5.41, 5.74) is 3.29. The molecule has 5 nitrogen and oxygen atoms in total. The van der Waals surface area contributed by atoms with Crippen molar-refractivity contribution in [2.75, 3.05) is 26.0 Å². The van der Waals surface area contributed by atoms with Crippen LogP contribution in [0.3, 0.4) is 0 Å². The molecule has 0 aliphatic rings. The van der Waals surface area contributed by atoms with Gasteiger partial charge in [-0.2, -0.15) is 0 Å². The third-order valence-electron chi connectivity index (χ3n) is 4.12. The van der Waals surface area contributed by atoms with Crippen molar-refractivity contribution in [3.63, 3.8) is 0 Å². The van der Waals surface area contributed by atoms with Crippen molar-refractivity contribution in [2.24, 2.45) is 0 Å². The van der Waals surface area contributed by atoms with Gasteiger partial charge < -0.3 is 15.0 Å². The summed E-state index contributed by atoms with van der Waals surface area (Å²) in [6.45, 7) is 6.19. The Morgan fingerprint density at radius 2 is 1.85 bits per heavy atom. The monoisotopic (exact) mass is 388 g/mol. The SMILES string of the molecule is Cc1cc(OCC(=O)Nc2ccc(C(=O)N(C)C)c(Cl)c2)ccc1C(C)C. The molecule has 0 atom stereocenters. The zero-order chi connectivity index (χ0) is 20.1. The number of hydrogen-bond donors (Lipinski definition) is 1. The molecule has 6 heteroatoms. The van der Waals surface area contributed by atoms with E-state index < -0.39 is 0 Å². The van der Waals surface area contributed by atoms with Crippen LogP contribution >= 0.6 is 11.6 Å². The van der Waals surface area contributed by atoms with Crippen LogP contribution in [0.15, 0.2) is 36.4 Å². The molecule has 144 valence electrons. The van der Waals surface area contributed by atoms with E-state index in [1.807, 2.05) is 25.1 Å². The van der Waals surface area contributed by atoms with Crippen molar-refractivity contribution in [3.8, 4) is 5.75 Å². The highest BCUT2D eigenvalue weighted by atomic mass is 35.5. The molecule has 2 rings (SSSR count). The van der Waals surface area contributed by atoms with Crippen LogP contribution in [-0.4, -0.2) is 37.4 Å². The average Bonchev–Trinajstić information content (AvgIpc) is 2.59. The van der Waals surface area contributed by atoms with Crippen molar-refractivity contribution in [3.05, 3.63) is 58.1 Å². The van der Waals surface area contributed by atoms with Crippen LogP contribution in [0.4, 0.5) is 5.69 Å². The number of carbonyl (C=O) groups excluding carboxylic acids is 2. The first-order valence-electron chi connectivity index (χ1n) is 8.73. The number of amides is 2. The molecule has 1 N–H and O–H groups in total. The number of ether oxygens (including phenoxy) is 1. The smallest absolute Gasteiger partial charge is 0.262 e. The molecule has 0 radical (unpaired) electrons. The highest BCUT2D eigenvalue weighted by Crippen LogP contribution is 2.24. The van der Waals surface area contributed by atoms with Crippen LogP contribution in [0, 0.1) is 6.92 Å². The number of aryl methyl sites for hydroxylation is 1. The van der Waals surface area contributed by atoms with E-state index in [1.165, 1.54) is 10.5 Å². The third-order valence-corrected chi connectivity index (χ3v) is 4.44. The molecule has 0 aliphatic heterocycles. The molecule has 0 aromatic heterocycles. The van der Waals surface area contributed by atoms with Crippen LogP contribution in [0.25, 0.3) is 0 Å². The third kappa shape index (κ3) is 5.47. The van der Waals surface area contributed by atoms with Gasteiger partial charge in [-0.25, -0.2) is 0 Å². The Hall–Kier alpha value is -2.53. The van der Waals surface area contributed by atoms with Gasteiger partial charge >= 0.3 is 0 Å². The van der Waals surface area contributed by atoms with Gasteiger partial charge in [0, 0.05) is 19.8 Å². The zero-order valence-corrected chi connectivity index (χ0v) is 17.1. The highest BCUT2D eigenvalue weighted by molar-refractivity contribution is 6.34. The van der Waals surface area contributed by atoms with E-state index in [4.69, 9.17) is 16.3 Å². The molecule has 2 aromatic rings. The Balaban J connectivity index is 1.97. The fraction of sp³-hybridized carbons (Fsp3) is 0.333. The zero-order valence-electron chi connectivity index (χ0n) is 16.3. The number of hydrogen-bond acceptors (Lipinski definition) is 3. The Labute approximate surface area is 165 Å². The summed E-state index contributed by atoms with van der Waals surface area (Å²) < 4.78 is 5.57. The Kier molecular flexibility index (Phi) is 6.86. The minimum absolute atomic E-state index is 0.115. The van der Waals surface area contributed by atoms with Crippen LogP contribution in [-0.2, 0) is 4.79 Å². The van der Waals surface area contributed by atoms with Crippen LogP contribution in [0.1, 0.15) is 41.3 Å². The quantitative estimate of drug-likeness (QED) is 0.793. The summed E-state index contributed by atoms with van der Waals surface area (Å²) >= 11 is 6.15. The second kappa shape index (κ2) is 8.91. The number of benzene rings is 2. The Morgan fingerprint density at radius 3 is 2.41 bits per heavy atom. The van der Waals surface area contributed by atoms with Crippen molar-refractivity contribution >= 4 is 29.1 Å². The maximum absolute atomic E-state index is 12.1. The van der Waals surface area contributed by atoms with Crippen molar-refractivity contribution < 1.29 is 14.3 Å². The van der Waals surface area contributed by atoms with Crippen LogP contribution in [0.5, 0.6) is 5.75 Å². The molecule has 0 heterocycles. The number of nitrogens with one attached hydrogen (secondary N) is 1. The molecule has 0 bridgehead atoms. The van der Waals surface area contributed by atoms with E-state index in [2.05, 4.69) is 19.2 Å². The highest BCUT2D eigenvalue weighted by Gasteiger charge is 2.14. The standard InChI is InChI=1S/C21H25ClN2O3/c1-13(2)17-9-7-16(10-14(17)3)27-12-20(25)23-15-6-8-18(19(22)11-15)21(26)24(4)5/h6-11,13H,12H2,1-5H3,(H,23,25). The van der Waals surface area contributed by atoms with Crippen molar-refractivity contribution in [1.29, 1.82) is 0 Å². The minimum Gasteiger partial charge on any atom is -0.484 e. The lowest BCUT2D eigenvalue weighted by atomic mass is 9.98. The molecule has 0 fully saturated rings. The molecule has 2 aromatic carbocycles. The predicted molar refractivity (Wildman–Crippen MR) is 109 cm³/mol. The molecular formula is C21H25ClN2O3. The van der Waals surface area contributed by atoms with Gasteiger partial charge in [-0.15, -0.1) is 0 Å². The first-order valence-corrected chi connectivity index (χ1v) is 9.11. The summed E-state index contributed by atoms with van der Waals surface area (Å²) in [6.07, 6.45) is 0. The molecule has 0 aliphatic carbocycles. The summed E-state index contributed by atoms with van der Waals surface area (Å²) in [7, 11) is 3.31. The first-order chi connectivity index (χ1) is 12.7. The Bertz CT molecular complexity index is 847. The normalized spacial score (nSPS) is 10.6. The minimum atomic E-state index is -0.302. The van der Waals surface area contributed by atoms with Gasteiger partial charge in [0.05, 0.1) is 10.6 Å². The van der Waals surface area contributed by atoms with E-state index in [-0.39, 0.29) is 23.4 Å². The number of halogens is 1. The molecular weight excluding hydrogens is 364 g/mol. The van der Waals surface area contributed by atoms with Gasteiger partial charge in [-0.05, 0) is 54.3 Å². The number of nitrogens with zero attached hydrogens (tertiary/aromatic N) is 1.